The van der Waals surface area contributed by atoms with Gasteiger partial charge < -0.3 is 5.73 Å². The lowest BCUT2D eigenvalue weighted by Crippen LogP contribution is -2.57. The van der Waals surface area contributed by atoms with E-state index in [0.29, 0.717) is 16.0 Å². The molecule has 5 rings (SSSR count). The van der Waals surface area contributed by atoms with Crippen LogP contribution in [0.3, 0.4) is 0 Å². The van der Waals surface area contributed by atoms with Crippen molar-refractivity contribution in [3.05, 3.63) is 5.82 Å². The van der Waals surface area contributed by atoms with Gasteiger partial charge in [0.1, 0.15) is 0 Å². The summed E-state index contributed by atoms with van der Waals surface area (Å²) in [7, 11) is 0. The van der Waals surface area contributed by atoms with Crippen molar-refractivity contribution in [1.82, 2.24) is 9.36 Å². The predicted molar refractivity (Wildman–Crippen MR) is 73.4 cm³/mol. The zero-order chi connectivity index (χ0) is 12.6. The summed E-state index contributed by atoms with van der Waals surface area (Å²) in [5.74, 6) is 1.95. The average Bonchev–Trinajstić information content (AvgIpc) is 2.59. The second-order valence-electron chi connectivity index (χ2n) is 7.87. The molecule has 4 saturated carbocycles. The molecule has 2 unspecified atom stereocenters. The van der Waals surface area contributed by atoms with Crippen LogP contribution in [0.2, 0.25) is 0 Å². The highest BCUT2D eigenvalue weighted by Crippen LogP contribution is 2.69. The fraction of sp³-hybridized carbons (Fsp3) is 0.857. The Kier molecular flexibility index (Phi) is 1.92. The Morgan fingerprint density at radius 2 is 1.78 bits per heavy atom. The van der Waals surface area contributed by atoms with E-state index in [4.69, 9.17) is 5.73 Å². The maximum Gasteiger partial charge on any atom is 0.199 e. The molecule has 4 bridgehead atoms. The predicted octanol–water partition coefficient (Wildman–Crippen LogP) is 3.37. The van der Waals surface area contributed by atoms with Gasteiger partial charge in [0.25, 0.3) is 0 Å². The first-order chi connectivity index (χ1) is 8.41. The molecule has 1 heterocycles. The highest BCUT2D eigenvalue weighted by atomic mass is 32.1. The van der Waals surface area contributed by atoms with Gasteiger partial charge in [-0.1, -0.05) is 13.8 Å². The molecule has 0 radical (unpaired) electrons. The highest BCUT2D eigenvalue weighted by Gasteiger charge is 2.61. The topological polar surface area (TPSA) is 51.8 Å². The SMILES string of the molecule is CC12CC3CC(C)(C1)CC(c1nsc(N)n1)(C3)C2. The minimum atomic E-state index is 0.247. The van der Waals surface area contributed by atoms with E-state index in [1.807, 2.05) is 0 Å². The molecule has 4 aliphatic rings. The maximum atomic E-state index is 5.81. The lowest BCUT2D eigenvalue weighted by Gasteiger charge is -2.64. The summed E-state index contributed by atoms with van der Waals surface area (Å²) in [5, 5.41) is 0.635. The van der Waals surface area contributed by atoms with Crippen molar-refractivity contribution in [1.29, 1.82) is 0 Å². The smallest absolute Gasteiger partial charge is 0.199 e. The third-order valence-electron chi connectivity index (χ3n) is 5.54. The number of nitrogens with zero attached hydrogens (tertiary/aromatic N) is 2. The number of nitrogens with two attached hydrogens (primary N) is 1. The first-order valence-electron chi connectivity index (χ1n) is 7.00. The van der Waals surface area contributed by atoms with Gasteiger partial charge in [0, 0.05) is 16.9 Å². The number of rotatable bonds is 1. The summed E-state index contributed by atoms with van der Waals surface area (Å²) >= 11 is 1.37. The molecule has 0 aliphatic heterocycles. The quantitative estimate of drug-likeness (QED) is 0.845. The molecule has 0 saturated heterocycles. The van der Waals surface area contributed by atoms with Crippen LogP contribution < -0.4 is 5.73 Å². The molecular formula is C14H21N3S. The summed E-state index contributed by atoms with van der Waals surface area (Å²) < 4.78 is 4.57. The van der Waals surface area contributed by atoms with Crippen LogP contribution in [0.5, 0.6) is 0 Å². The number of hydrogen-bond acceptors (Lipinski definition) is 4. The Morgan fingerprint density at radius 3 is 2.28 bits per heavy atom. The van der Waals surface area contributed by atoms with E-state index in [-0.39, 0.29) is 5.41 Å². The summed E-state index contributed by atoms with van der Waals surface area (Å²) in [6, 6.07) is 0. The van der Waals surface area contributed by atoms with Gasteiger partial charge in [-0.3, -0.25) is 0 Å². The van der Waals surface area contributed by atoms with Crippen molar-refractivity contribution in [2.75, 3.05) is 5.73 Å². The first-order valence-corrected chi connectivity index (χ1v) is 7.78. The van der Waals surface area contributed by atoms with Crippen molar-refractivity contribution < 1.29 is 0 Å². The molecule has 2 atom stereocenters. The number of hydrogen-bond donors (Lipinski definition) is 1. The molecule has 0 aromatic carbocycles. The van der Waals surface area contributed by atoms with Gasteiger partial charge in [0.15, 0.2) is 11.0 Å². The van der Waals surface area contributed by atoms with Gasteiger partial charge in [-0.25, -0.2) is 4.98 Å². The fourth-order valence-electron chi connectivity index (χ4n) is 6.15. The fourth-order valence-corrected chi connectivity index (χ4v) is 6.69. The van der Waals surface area contributed by atoms with Crippen LogP contribution in [0.15, 0.2) is 0 Å². The number of anilines is 1. The molecule has 4 aliphatic carbocycles. The van der Waals surface area contributed by atoms with Crippen LogP contribution in [0.25, 0.3) is 0 Å². The molecule has 2 N–H and O–H groups in total. The van der Waals surface area contributed by atoms with Gasteiger partial charge in [-0.05, 0) is 55.3 Å². The standard InChI is InChI=1S/C14H21N3S/c1-12-3-9-4-13(2,6-12)8-14(5-9,7-12)10-16-11(15)18-17-10/h9H,3-8H2,1-2H3,(H2,15,16,17). The van der Waals surface area contributed by atoms with Gasteiger partial charge in [0.05, 0.1) is 0 Å². The van der Waals surface area contributed by atoms with Crippen LogP contribution in [0.4, 0.5) is 5.13 Å². The number of nitrogen functional groups attached to an aromatic ring is 1. The molecule has 1 aromatic rings. The van der Waals surface area contributed by atoms with Crippen LogP contribution in [-0.2, 0) is 5.41 Å². The van der Waals surface area contributed by atoms with Crippen LogP contribution in [0, 0.1) is 16.7 Å². The van der Waals surface area contributed by atoms with Crippen LogP contribution in [-0.4, -0.2) is 9.36 Å². The normalized spacial score (nSPS) is 49.8. The van der Waals surface area contributed by atoms with E-state index in [2.05, 4.69) is 23.2 Å². The third kappa shape index (κ3) is 1.41. The van der Waals surface area contributed by atoms with Gasteiger partial charge >= 0.3 is 0 Å². The summed E-state index contributed by atoms with van der Waals surface area (Å²) in [5.41, 5.74) is 7.10. The zero-order valence-electron chi connectivity index (χ0n) is 11.2. The van der Waals surface area contributed by atoms with Gasteiger partial charge in [-0.2, -0.15) is 4.37 Å². The van der Waals surface area contributed by atoms with Crippen molar-refractivity contribution in [3.63, 3.8) is 0 Å². The Hall–Kier alpha value is -0.640. The second-order valence-corrected chi connectivity index (χ2v) is 8.65. The summed E-state index contributed by atoms with van der Waals surface area (Å²) in [6.07, 6.45) is 8.10. The van der Waals surface area contributed by atoms with Crippen LogP contribution >= 0.6 is 11.5 Å². The largest absolute Gasteiger partial charge is 0.374 e. The summed E-state index contributed by atoms with van der Waals surface area (Å²) in [6.45, 7) is 4.97. The van der Waals surface area contributed by atoms with Crippen molar-refractivity contribution >= 4 is 16.7 Å². The molecular weight excluding hydrogens is 242 g/mol. The van der Waals surface area contributed by atoms with Crippen molar-refractivity contribution in [3.8, 4) is 0 Å². The van der Waals surface area contributed by atoms with E-state index in [1.54, 1.807) is 0 Å². The van der Waals surface area contributed by atoms with Crippen LogP contribution in [0.1, 0.15) is 58.2 Å². The Morgan fingerprint density at radius 1 is 1.11 bits per heavy atom. The molecule has 18 heavy (non-hydrogen) atoms. The van der Waals surface area contributed by atoms with E-state index >= 15 is 0 Å². The molecule has 98 valence electrons. The van der Waals surface area contributed by atoms with E-state index in [1.165, 1.54) is 50.1 Å². The third-order valence-corrected chi connectivity index (χ3v) is 6.08. The highest BCUT2D eigenvalue weighted by molar-refractivity contribution is 7.09. The Bertz CT molecular complexity index is 491. The number of aromatic nitrogens is 2. The lowest BCUT2D eigenvalue weighted by molar-refractivity contribution is -0.112. The monoisotopic (exact) mass is 263 g/mol. The minimum Gasteiger partial charge on any atom is -0.374 e. The van der Waals surface area contributed by atoms with Gasteiger partial charge in [0.2, 0.25) is 0 Å². The molecule has 0 spiro atoms. The molecule has 3 nitrogen and oxygen atoms in total. The minimum absolute atomic E-state index is 0.247. The molecule has 0 amide bonds. The average molecular weight is 263 g/mol. The second kappa shape index (κ2) is 3.09. The molecule has 4 heteroatoms. The lowest BCUT2D eigenvalue weighted by atomic mass is 9.40. The van der Waals surface area contributed by atoms with E-state index in [9.17, 15) is 0 Å². The molecule has 4 fully saturated rings. The van der Waals surface area contributed by atoms with Gasteiger partial charge in [-0.15, -0.1) is 0 Å². The summed E-state index contributed by atoms with van der Waals surface area (Å²) in [4.78, 5) is 4.55. The van der Waals surface area contributed by atoms with E-state index < -0.39 is 0 Å². The maximum absolute atomic E-state index is 5.81. The zero-order valence-corrected chi connectivity index (χ0v) is 12.0. The molecule has 1 aromatic heterocycles. The first kappa shape index (κ1) is 11.2. The Balaban J connectivity index is 1.82. The Labute approximate surface area is 112 Å². The van der Waals surface area contributed by atoms with E-state index in [0.717, 1.165) is 11.7 Å². The van der Waals surface area contributed by atoms with Crippen molar-refractivity contribution in [2.24, 2.45) is 16.7 Å². The van der Waals surface area contributed by atoms with Crippen molar-refractivity contribution in [2.45, 2.75) is 57.8 Å².